The molecule has 8 heteroatoms. The van der Waals surface area contributed by atoms with Gasteiger partial charge < -0.3 is 10.6 Å². The number of nitrogens with one attached hydrogen (secondary N) is 3. The van der Waals surface area contributed by atoms with Gasteiger partial charge in [0.2, 0.25) is 11.8 Å². The minimum atomic E-state index is -0.923. The van der Waals surface area contributed by atoms with E-state index in [2.05, 4.69) is 16.0 Å². The lowest BCUT2D eigenvalue weighted by atomic mass is 9.71. The molecule has 0 spiro atoms. The predicted molar refractivity (Wildman–Crippen MR) is 98.2 cm³/mol. The molecule has 146 valence electrons. The third-order valence-corrected chi connectivity index (χ3v) is 6.54. The summed E-state index contributed by atoms with van der Waals surface area (Å²) in [7, 11) is 0. The molecule has 4 unspecified atom stereocenters. The van der Waals surface area contributed by atoms with Crippen LogP contribution >= 0.6 is 0 Å². The summed E-state index contributed by atoms with van der Waals surface area (Å²) < 4.78 is 0. The average molecular weight is 382 g/mol. The lowest BCUT2D eigenvalue weighted by Crippen LogP contribution is -2.54. The fourth-order valence-corrected chi connectivity index (χ4v) is 4.90. The van der Waals surface area contributed by atoms with Crippen LogP contribution in [0.25, 0.3) is 0 Å². The Morgan fingerprint density at radius 3 is 2.68 bits per heavy atom. The summed E-state index contributed by atoms with van der Waals surface area (Å²) in [5, 5.41) is 9.19. The number of hydrogen-bond acceptors (Lipinski definition) is 6. The van der Waals surface area contributed by atoms with Gasteiger partial charge in [-0.3, -0.25) is 29.4 Å². The Balaban J connectivity index is 1.30. The molecular weight excluding hydrogens is 360 g/mol. The molecule has 4 atom stereocenters. The molecule has 3 N–H and O–H groups in total. The third kappa shape index (κ3) is 2.67. The van der Waals surface area contributed by atoms with Crippen molar-refractivity contribution in [3.05, 3.63) is 34.9 Å². The fourth-order valence-electron chi connectivity index (χ4n) is 4.90. The third-order valence-electron chi connectivity index (χ3n) is 6.54. The summed E-state index contributed by atoms with van der Waals surface area (Å²) >= 11 is 0. The first kappa shape index (κ1) is 17.5. The van der Waals surface area contributed by atoms with E-state index in [0.717, 1.165) is 29.5 Å². The molecule has 4 amide bonds. The smallest absolute Gasteiger partial charge is 0.262 e. The van der Waals surface area contributed by atoms with Crippen molar-refractivity contribution in [2.45, 2.75) is 37.9 Å². The van der Waals surface area contributed by atoms with Gasteiger partial charge in [-0.05, 0) is 55.5 Å². The van der Waals surface area contributed by atoms with Gasteiger partial charge in [0, 0.05) is 19.0 Å². The quantitative estimate of drug-likeness (QED) is 0.622. The first-order chi connectivity index (χ1) is 13.5. The lowest BCUT2D eigenvalue weighted by Gasteiger charge is -2.40. The highest BCUT2D eigenvalue weighted by Crippen LogP contribution is 2.37. The molecule has 4 aliphatic rings. The van der Waals surface area contributed by atoms with Crippen molar-refractivity contribution < 1.29 is 19.2 Å². The van der Waals surface area contributed by atoms with Gasteiger partial charge >= 0.3 is 0 Å². The van der Waals surface area contributed by atoms with E-state index in [1.165, 1.54) is 6.42 Å². The van der Waals surface area contributed by atoms with Gasteiger partial charge in [0.1, 0.15) is 6.04 Å². The number of imide groups is 2. The van der Waals surface area contributed by atoms with Crippen LogP contribution in [0.4, 0.5) is 0 Å². The number of benzene rings is 1. The van der Waals surface area contributed by atoms with E-state index < -0.39 is 23.8 Å². The van der Waals surface area contributed by atoms with Crippen LogP contribution in [0.5, 0.6) is 0 Å². The van der Waals surface area contributed by atoms with Crippen LogP contribution in [0.3, 0.4) is 0 Å². The molecule has 0 radical (unpaired) electrons. The van der Waals surface area contributed by atoms with Crippen LogP contribution in [-0.4, -0.2) is 53.7 Å². The zero-order valence-electron chi connectivity index (χ0n) is 15.4. The van der Waals surface area contributed by atoms with E-state index in [-0.39, 0.29) is 18.7 Å². The van der Waals surface area contributed by atoms with Crippen LogP contribution < -0.4 is 16.0 Å². The number of hydrogen-bond donors (Lipinski definition) is 3. The van der Waals surface area contributed by atoms with Crippen molar-refractivity contribution in [1.29, 1.82) is 0 Å². The zero-order valence-corrected chi connectivity index (χ0v) is 15.4. The Bertz CT molecular complexity index is 898. The summed E-state index contributed by atoms with van der Waals surface area (Å²) in [4.78, 5) is 50.0. The Hall–Kier alpha value is -2.58. The van der Waals surface area contributed by atoms with Crippen LogP contribution in [0.15, 0.2) is 18.2 Å². The number of fused-ring (bicyclic) bond motifs is 2. The molecule has 1 aromatic rings. The second-order valence-corrected chi connectivity index (χ2v) is 8.13. The average Bonchev–Trinajstić information content (AvgIpc) is 3.14. The molecule has 0 bridgehead atoms. The number of carbonyl (C=O) groups is 4. The molecule has 8 nitrogen and oxygen atoms in total. The number of piperidine rings is 1. The number of nitrogens with zero attached hydrogens (tertiary/aromatic N) is 1. The van der Waals surface area contributed by atoms with Crippen molar-refractivity contribution in [1.82, 2.24) is 20.9 Å². The normalized spacial score (nSPS) is 31.5. The van der Waals surface area contributed by atoms with E-state index in [1.807, 2.05) is 6.07 Å². The van der Waals surface area contributed by atoms with Gasteiger partial charge in [-0.2, -0.15) is 0 Å². The Labute approximate surface area is 162 Å². The lowest BCUT2D eigenvalue weighted by molar-refractivity contribution is -0.136. The maximum Gasteiger partial charge on any atom is 0.262 e. The SMILES string of the molecule is O=C1CCC(N2C(=O)c3ccc(CNC4CC5CNCC54)cc3C2=O)C(=O)N1. The summed E-state index contributed by atoms with van der Waals surface area (Å²) in [6.07, 6.45) is 1.46. The summed E-state index contributed by atoms with van der Waals surface area (Å²) in [6, 6.07) is 4.84. The summed E-state index contributed by atoms with van der Waals surface area (Å²) in [5.41, 5.74) is 1.60. The molecule has 1 aromatic carbocycles. The van der Waals surface area contributed by atoms with Gasteiger partial charge in [-0.1, -0.05) is 6.07 Å². The highest BCUT2D eigenvalue weighted by atomic mass is 16.2. The second kappa shape index (κ2) is 6.49. The molecule has 3 heterocycles. The highest BCUT2D eigenvalue weighted by molar-refractivity contribution is 6.23. The largest absolute Gasteiger partial charge is 0.316 e. The molecule has 1 saturated carbocycles. The summed E-state index contributed by atoms with van der Waals surface area (Å²) in [5.74, 6) is -0.424. The fraction of sp³-hybridized carbons (Fsp3) is 0.500. The van der Waals surface area contributed by atoms with Crippen LogP contribution in [0.1, 0.15) is 45.5 Å². The molecule has 2 saturated heterocycles. The van der Waals surface area contributed by atoms with Crippen LogP contribution in [-0.2, 0) is 16.1 Å². The minimum absolute atomic E-state index is 0.122. The van der Waals surface area contributed by atoms with Crippen molar-refractivity contribution in [3.8, 4) is 0 Å². The Morgan fingerprint density at radius 2 is 1.89 bits per heavy atom. The first-order valence-electron chi connectivity index (χ1n) is 9.81. The van der Waals surface area contributed by atoms with Crippen molar-refractivity contribution in [3.63, 3.8) is 0 Å². The molecule has 5 rings (SSSR count). The van der Waals surface area contributed by atoms with E-state index in [9.17, 15) is 19.2 Å². The van der Waals surface area contributed by atoms with Gasteiger partial charge in [-0.25, -0.2) is 0 Å². The van der Waals surface area contributed by atoms with Crippen LogP contribution in [0, 0.1) is 11.8 Å². The van der Waals surface area contributed by atoms with Crippen LogP contribution in [0.2, 0.25) is 0 Å². The van der Waals surface area contributed by atoms with Gasteiger partial charge in [0.25, 0.3) is 11.8 Å². The minimum Gasteiger partial charge on any atom is -0.316 e. The molecule has 3 fully saturated rings. The Morgan fingerprint density at radius 1 is 1.07 bits per heavy atom. The topological polar surface area (TPSA) is 108 Å². The maximum absolute atomic E-state index is 12.9. The van der Waals surface area contributed by atoms with E-state index in [0.29, 0.717) is 29.6 Å². The number of carbonyl (C=O) groups excluding carboxylic acids is 4. The Kier molecular flexibility index (Phi) is 4.06. The second-order valence-electron chi connectivity index (χ2n) is 8.13. The molecule has 28 heavy (non-hydrogen) atoms. The van der Waals surface area contributed by atoms with Crippen molar-refractivity contribution in [2.24, 2.45) is 11.8 Å². The highest BCUT2D eigenvalue weighted by Gasteiger charge is 2.45. The predicted octanol–water partition coefficient (Wildman–Crippen LogP) is -0.215. The molecule has 1 aliphatic carbocycles. The summed E-state index contributed by atoms with van der Waals surface area (Å²) in [6.45, 7) is 2.80. The van der Waals surface area contributed by atoms with Gasteiger partial charge in [0.15, 0.2) is 0 Å². The number of rotatable bonds is 4. The standard InChI is InChI=1S/C20H22N4O4/c25-17-4-3-16(18(26)23-17)24-19(27)12-2-1-10(5-13(12)20(24)28)7-22-15-6-11-8-21-9-14(11)15/h1-2,5,11,14-16,21-22H,3-4,6-9H2,(H,23,25,26). The van der Waals surface area contributed by atoms with E-state index >= 15 is 0 Å². The monoisotopic (exact) mass is 382 g/mol. The van der Waals surface area contributed by atoms with Gasteiger partial charge in [0.05, 0.1) is 11.1 Å². The maximum atomic E-state index is 12.9. The zero-order chi connectivity index (χ0) is 19.4. The van der Waals surface area contributed by atoms with Gasteiger partial charge in [-0.15, -0.1) is 0 Å². The molecule has 3 aliphatic heterocycles. The van der Waals surface area contributed by atoms with E-state index in [1.54, 1.807) is 12.1 Å². The van der Waals surface area contributed by atoms with E-state index in [4.69, 9.17) is 0 Å². The molecule has 0 aromatic heterocycles. The van der Waals surface area contributed by atoms with Crippen molar-refractivity contribution >= 4 is 23.6 Å². The number of amides is 4. The molecular formula is C20H22N4O4. The van der Waals surface area contributed by atoms with Crippen molar-refractivity contribution in [2.75, 3.05) is 13.1 Å². The first-order valence-corrected chi connectivity index (χ1v) is 9.81.